The van der Waals surface area contributed by atoms with Crippen molar-refractivity contribution >= 4 is 17.4 Å². The van der Waals surface area contributed by atoms with Crippen LogP contribution in [0.25, 0.3) is 5.76 Å². The molecule has 1 unspecified atom stereocenters. The number of likely N-dealkylation sites (tertiary alicyclic amines) is 1. The molecule has 1 saturated heterocycles. The van der Waals surface area contributed by atoms with E-state index in [0.717, 1.165) is 0 Å². The van der Waals surface area contributed by atoms with Gasteiger partial charge in [0.25, 0.3) is 11.7 Å². The molecule has 1 fully saturated rings. The van der Waals surface area contributed by atoms with Gasteiger partial charge in [0.2, 0.25) is 0 Å². The summed E-state index contributed by atoms with van der Waals surface area (Å²) < 4.78 is 11.1. The van der Waals surface area contributed by atoms with Gasteiger partial charge in [-0.15, -0.1) is 0 Å². The lowest BCUT2D eigenvalue weighted by atomic mass is 9.95. The van der Waals surface area contributed by atoms with Gasteiger partial charge in [0, 0.05) is 19.2 Å². The molecule has 162 valence electrons. The van der Waals surface area contributed by atoms with E-state index < -0.39 is 17.7 Å². The van der Waals surface area contributed by atoms with Gasteiger partial charge in [-0.2, -0.15) is 0 Å². The molecular weight excluding hydrogens is 406 g/mol. The van der Waals surface area contributed by atoms with Gasteiger partial charge in [0.05, 0.1) is 18.2 Å². The molecule has 1 aliphatic heterocycles. The molecule has 0 bridgehead atoms. The van der Waals surface area contributed by atoms with E-state index in [0.29, 0.717) is 22.6 Å². The average Bonchev–Trinajstić information content (AvgIpc) is 3.08. The lowest BCUT2D eigenvalue weighted by Gasteiger charge is -2.25. The van der Waals surface area contributed by atoms with Crippen LogP contribution >= 0.6 is 0 Å². The van der Waals surface area contributed by atoms with Crippen molar-refractivity contribution in [1.82, 2.24) is 4.90 Å². The fourth-order valence-electron chi connectivity index (χ4n) is 3.77. The van der Waals surface area contributed by atoms with E-state index in [1.165, 1.54) is 12.0 Å². The fourth-order valence-corrected chi connectivity index (χ4v) is 3.77. The van der Waals surface area contributed by atoms with Gasteiger partial charge in [0.15, 0.2) is 0 Å². The SMILES string of the molecule is COCCN1C(=O)C(=O)/C(=C(/O)c2ccccc2)C1c1cccc(Oc2ccccc2)c1. The number of para-hydroxylation sites is 1. The Hall–Kier alpha value is -3.90. The van der Waals surface area contributed by atoms with Crippen molar-refractivity contribution in [2.24, 2.45) is 0 Å². The quantitative estimate of drug-likeness (QED) is 0.339. The average molecular weight is 429 g/mol. The molecule has 3 aromatic carbocycles. The number of benzene rings is 3. The zero-order valence-electron chi connectivity index (χ0n) is 17.6. The maximum atomic E-state index is 13.0. The van der Waals surface area contributed by atoms with Crippen LogP contribution in [0.1, 0.15) is 17.2 Å². The summed E-state index contributed by atoms with van der Waals surface area (Å²) in [5, 5.41) is 11.0. The minimum absolute atomic E-state index is 0.0502. The van der Waals surface area contributed by atoms with Crippen molar-refractivity contribution in [2.75, 3.05) is 20.3 Å². The molecule has 6 heteroatoms. The van der Waals surface area contributed by atoms with Gasteiger partial charge < -0.3 is 19.5 Å². The summed E-state index contributed by atoms with van der Waals surface area (Å²) in [6, 6.07) is 24.5. The van der Waals surface area contributed by atoms with Crippen LogP contribution in [0.5, 0.6) is 11.5 Å². The normalized spacial score (nSPS) is 17.5. The zero-order chi connectivity index (χ0) is 22.5. The molecule has 6 nitrogen and oxygen atoms in total. The molecule has 1 N–H and O–H groups in total. The Morgan fingerprint density at radius 3 is 2.25 bits per heavy atom. The number of hydrogen-bond donors (Lipinski definition) is 1. The minimum Gasteiger partial charge on any atom is -0.507 e. The van der Waals surface area contributed by atoms with Gasteiger partial charge >= 0.3 is 0 Å². The largest absolute Gasteiger partial charge is 0.507 e. The topological polar surface area (TPSA) is 76.1 Å². The molecule has 4 rings (SSSR count). The van der Waals surface area contributed by atoms with Gasteiger partial charge in [-0.05, 0) is 29.8 Å². The van der Waals surface area contributed by atoms with Crippen molar-refractivity contribution in [2.45, 2.75) is 6.04 Å². The highest BCUT2D eigenvalue weighted by atomic mass is 16.5. The molecule has 1 aliphatic rings. The Morgan fingerprint density at radius 1 is 0.906 bits per heavy atom. The van der Waals surface area contributed by atoms with Crippen molar-refractivity contribution in [3.05, 3.63) is 102 Å². The van der Waals surface area contributed by atoms with E-state index in [9.17, 15) is 14.7 Å². The molecule has 1 atom stereocenters. The monoisotopic (exact) mass is 429 g/mol. The molecular formula is C26H23NO5. The van der Waals surface area contributed by atoms with Crippen LogP contribution in [0, 0.1) is 0 Å². The van der Waals surface area contributed by atoms with Crippen LogP contribution < -0.4 is 4.74 Å². The standard InChI is InChI=1S/C26H23NO5/c1-31-16-15-27-23(19-11-8-14-21(17-19)32-20-12-6-3-7-13-20)22(25(29)26(27)30)24(28)18-9-4-2-5-10-18/h2-14,17,23,28H,15-16H2,1H3/b24-22+. The smallest absolute Gasteiger partial charge is 0.295 e. The third-order valence-corrected chi connectivity index (χ3v) is 5.28. The number of nitrogens with zero attached hydrogens (tertiary/aromatic N) is 1. The van der Waals surface area contributed by atoms with Crippen molar-refractivity contribution in [3.8, 4) is 11.5 Å². The Morgan fingerprint density at radius 2 is 1.56 bits per heavy atom. The summed E-state index contributed by atoms with van der Waals surface area (Å²) in [5.41, 5.74) is 1.18. The molecule has 1 amide bonds. The summed E-state index contributed by atoms with van der Waals surface area (Å²) >= 11 is 0. The van der Waals surface area contributed by atoms with Gasteiger partial charge in [-0.1, -0.05) is 60.7 Å². The van der Waals surface area contributed by atoms with Crippen LogP contribution in [0.3, 0.4) is 0 Å². The predicted molar refractivity (Wildman–Crippen MR) is 120 cm³/mol. The summed E-state index contributed by atoms with van der Waals surface area (Å²) in [6.45, 7) is 0.468. The Labute approximate surface area is 186 Å². The maximum absolute atomic E-state index is 13.0. The number of carbonyl (C=O) groups excluding carboxylic acids is 2. The lowest BCUT2D eigenvalue weighted by molar-refractivity contribution is -0.140. The molecule has 0 aliphatic carbocycles. The lowest BCUT2D eigenvalue weighted by Crippen LogP contribution is -2.32. The molecule has 0 spiro atoms. The zero-order valence-corrected chi connectivity index (χ0v) is 17.6. The first-order valence-corrected chi connectivity index (χ1v) is 10.3. The molecule has 32 heavy (non-hydrogen) atoms. The molecule has 1 heterocycles. The van der Waals surface area contributed by atoms with Gasteiger partial charge in [-0.25, -0.2) is 0 Å². The van der Waals surface area contributed by atoms with Gasteiger partial charge in [0.1, 0.15) is 17.3 Å². The summed E-state index contributed by atoms with van der Waals surface area (Å²) in [5.74, 6) is -0.364. The molecule has 0 saturated carbocycles. The molecule has 0 aromatic heterocycles. The van der Waals surface area contributed by atoms with E-state index in [2.05, 4.69) is 0 Å². The Kier molecular flexibility index (Phi) is 6.33. The van der Waals surface area contributed by atoms with E-state index in [1.807, 2.05) is 42.5 Å². The van der Waals surface area contributed by atoms with Crippen molar-refractivity contribution in [1.29, 1.82) is 0 Å². The highest BCUT2D eigenvalue weighted by Crippen LogP contribution is 2.40. The summed E-state index contributed by atoms with van der Waals surface area (Å²) in [7, 11) is 1.53. The summed E-state index contributed by atoms with van der Waals surface area (Å²) in [4.78, 5) is 27.3. The van der Waals surface area contributed by atoms with Crippen LogP contribution in [-0.2, 0) is 14.3 Å². The minimum atomic E-state index is -0.760. The van der Waals surface area contributed by atoms with Crippen LogP contribution in [0.15, 0.2) is 90.5 Å². The first-order valence-electron chi connectivity index (χ1n) is 10.3. The van der Waals surface area contributed by atoms with Crippen molar-refractivity contribution in [3.63, 3.8) is 0 Å². The number of ketones is 1. The number of Topliss-reactive ketones (excluding diaryl/α,β-unsaturated/α-hetero) is 1. The number of methoxy groups -OCH3 is 1. The van der Waals surface area contributed by atoms with E-state index in [1.54, 1.807) is 42.5 Å². The van der Waals surface area contributed by atoms with Gasteiger partial charge in [-0.3, -0.25) is 9.59 Å². The number of ether oxygens (including phenoxy) is 2. The Bertz CT molecular complexity index is 1140. The third kappa shape index (κ3) is 4.26. The number of aliphatic hydroxyl groups is 1. The second-order valence-corrected chi connectivity index (χ2v) is 7.34. The van der Waals surface area contributed by atoms with Crippen molar-refractivity contribution < 1.29 is 24.2 Å². The first kappa shape index (κ1) is 21.3. The highest BCUT2D eigenvalue weighted by molar-refractivity contribution is 6.46. The van der Waals surface area contributed by atoms with Crippen LogP contribution in [0.2, 0.25) is 0 Å². The number of hydrogen-bond acceptors (Lipinski definition) is 5. The second kappa shape index (κ2) is 9.49. The maximum Gasteiger partial charge on any atom is 0.295 e. The number of rotatable bonds is 7. The second-order valence-electron chi connectivity index (χ2n) is 7.34. The summed E-state index contributed by atoms with van der Waals surface area (Å²) in [6.07, 6.45) is 0. The highest BCUT2D eigenvalue weighted by Gasteiger charge is 2.45. The van der Waals surface area contributed by atoms with E-state index >= 15 is 0 Å². The molecule has 3 aromatic rings. The van der Waals surface area contributed by atoms with E-state index in [4.69, 9.17) is 9.47 Å². The fraction of sp³-hybridized carbons (Fsp3) is 0.154. The number of aliphatic hydroxyl groups excluding tert-OH is 1. The van der Waals surface area contributed by atoms with Crippen LogP contribution in [-0.4, -0.2) is 42.0 Å². The first-order chi connectivity index (χ1) is 15.6. The number of amides is 1. The van der Waals surface area contributed by atoms with E-state index in [-0.39, 0.29) is 24.5 Å². The number of carbonyl (C=O) groups is 2. The Balaban J connectivity index is 1.79. The van der Waals surface area contributed by atoms with Crippen LogP contribution in [0.4, 0.5) is 0 Å². The third-order valence-electron chi connectivity index (χ3n) is 5.28. The predicted octanol–water partition coefficient (Wildman–Crippen LogP) is 4.55. The molecule has 0 radical (unpaired) electrons.